The van der Waals surface area contributed by atoms with Crippen LogP contribution in [0.5, 0.6) is 0 Å². The van der Waals surface area contributed by atoms with Gasteiger partial charge in [-0.05, 0) is 25.8 Å². The molecular weight excluding hydrogens is 320 g/mol. The van der Waals surface area contributed by atoms with Crippen LogP contribution in [-0.2, 0) is 24.5 Å². The summed E-state index contributed by atoms with van der Waals surface area (Å²) in [6.45, 7) is 4.33. The minimum absolute atomic E-state index is 0.172. The molecule has 0 saturated carbocycles. The maximum Gasteiger partial charge on any atom is 0.318 e. The van der Waals surface area contributed by atoms with Gasteiger partial charge in [0.15, 0.2) is 5.72 Å². The third kappa shape index (κ3) is 1.72. The van der Waals surface area contributed by atoms with E-state index in [4.69, 9.17) is 9.47 Å². The van der Waals surface area contributed by atoms with Gasteiger partial charge >= 0.3 is 5.97 Å². The van der Waals surface area contributed by atoms with Gasteiger partial charge in [-0.1, -0.05) is 25.1 Å². The van der Waals surface area contributed by atoms with Gasteiger partial charge in [0.1, 0.15) is 11.3 Å². The number of fused-ring (bicyclic) bond motifs is 3. The molecule has 4 rings (SSSR count). The molecule has 6 heteroatoms. The fourth-order valence-corrected chi connectivity index (χ4v) is 4.93. The van der Waals surface area contributed by atoms with Crippen LogP contribution in [0.2, 0.25) is 0 Å². The van der Waals surface area contributed by atoms with Crippen LogP contribution in [0.15, 0.2) is 24.3 Å². The Bertz CT molecular complexity index is 801. The summed E-state index contributed by atoms with van der Waals surface area (Å²) in [5.74, 6) is -1.86. The summed E-state index contributed by atoms with van der Waals surface area (Å²) >= 11 is 0. The lowest BCUT2D eigenvalue weighted by atomic mass is 9.66. The van der Waals surface area contributed by atoms with Gasteiger partial charge < -0.3 is 9.47 Å². The van der Waals surface area contributed by atoms with Crippen LogP contribution in [0.1, 0.15) is 32.3 Å². The molecular formula is C19H20N2O4. The molecule has 2 fully saturated rings. The first-order valence-electron chi connectivity index (χ1n) is 8.69. The third-order valence-electron chi connectivity index (χ3n) is 5.89. The Labute approximate surface area is 146 Å². The monoisotopic (exact) mass is 340 g/mol. The molecule has 130 valence electrons. The Balaban J connectivity index is 1.91. The van der Waals surface area contributed by atoms with Crippen LogP contribution in [-0.4, -0.2) is 30.8 Å². The number of carbonyl (C=O) groups excluding carboxylic acids is 2. The number of amides is 1. The second-order valence-corrected chi connectivity index (χ2v) is 6.94. The number of nitrogens with zero attached hydrogens (tertiary/aromatic N) is 2. The number of anilines is 1. The molecule has 25 heavy (non-hydrogen) atoms. The first-order valence-corrected chi connectivity index (χ1v) is 8.69. The van der Waals surface area contributed by atoms with Gasteiger partial charge in [-0.25, -0.2) is 0 Å². The SMILES string of the molecule is CCOC(=O)[C@@H]1C[C@H](C)[C@]23OCC[C@@]2(C#N)c2ccccc2N3C1=O. The van der Waals surface area contributed by atoms with E-state index < -0.39 is 23.0 Å². The lowest BCUT2D eigenvalue weighted by Crippen LogP contribution is -2.66. The molecule has 4 atom stereocenters. The van der Waals surface area contributed by atoms with E-state index in [-0.39, 0.29) is 18.4 Å². The van der Waals surface area contributed by atoms with Crippen LogP contribution in [0.4, 0.5) is 5.69 Å². The van der Waals surface area contributed by atoms with Crippen LogP contribution in [0.25, 0.3) is 0 Å². The average molecular weight is 340 g/mol. The van der Waals surface area contributed by atoms with E-state index in [0.717, 1.165) is 5.56 Å². The predicted octanol–water partition coefficient (Wildman–Crippen LogP) is 2.13. The topological polar surface area (TPSA) is 79.6 Å². The number of esters is 1. The molecule has 1 aromatic carbocycles. The van der Waals surface area contributed by atoms with Crippen LogP contribution < -0.4 is 4.90 Å². The molecule has 6 nitrogen and oxygen atoms in total. The molecule has 3 heterocycles. The fraction of sp³-hybridized carbons (Fsp3) is 0.526. The highest BCUT2D eigenvalue weighted by Gasteiger charge is 2.73. The third-order valence-corrected chi connectivity index (χ3v) is 5.89. The Morgan fingerprint density at radius 1 is 1.48 bits per heavy atom. The maximum atomic E-state index is 13.3. The summed E-state index contributed by atoms with van der Waals surface area (Å²) in [7, 11) is 0. The molecule has 0 aromatic heterocycles. The predicted molar refractivity (Wildman–Crippen MR) is 88.4 cm³/mol. The number of hydrogen-bond acceptors (Lipinski definition) is 5. The zero-order chi connectivity index (χ0) is 17.8. The van der Waals surface area contributed by atoms with Crippen molar-refractivity contribution in [2.45, 2.75) is 37.8 Å². The van der Waals surface area contributed by atoms with E-state index >= 15 is 0 Å². The molecule has 3 aliphatic heterocycles. The van der Waals surface area contributed by atoms with Crippen molar-refractivity contribution in [2.24, 2.45) is 11.8 Å². The highest BCUT2D eigenvalue weighted by atomic mass is 16.5. The molecule has 1 aromatic rings. The highest BCUT2D eigenvalue weighted by molar-refractivity contribution is 6.09. The summed E-state index contributed by atoms with van der Waals surface area (Å²) in [6.07, 6.45) is 0.865. The van der Waals surface area contributed by atoms with Gasteiger partial charge in [-0.15, -0.1) is 0 Å². The number of para-hydroxylation sites is 1. The Morgan fingerprint density at radius 3 is 2.96 bits per heavy atom. The molecule has 0 aliphatic carbocycles. The Morgan fingerprint density at radius 2 is 2.24 bits per heavy atom. The minimum atomic E-state index is -1.04. The molecule has 1 spiro atoms. The normalized spacial score (nSPS) is 35.6. The summed E-state index contributed by atoms with van der Waals surface area (Å²) in [5, 5.41) is 10.1. The van der Waals surface area contributed by atoms with Crippen molar-refractivity contribution in [1.29, 1.82) is 5.26 Å². The summed E-state index contributed by atoms with van der Waals surface area (Å²) < 4.78 is 11.3. The molecule has 3 aliphatic rings. The molecule has 0 bridgehead atoms. The zero-order valence-corrected chi connectivity index (χ0v) is 14.3. The highest BCUT2D eigenvalue weighted by Crippen LogP contribution is 2.63. The largest absolute Gasteiger partial charge is 0.465 e. The van der Waals surface area contributed by atoms with E-state index in [2.05, 4.69) is 6.07 Å². The van der Waals surface area contributed by atoms with E-state index in [1.807, 2.05) is 31.2 Å². The van der Waals surface area contributed by atoms with E-state index in [9.17, 15) is 14.9 Å². The van der Waals surface area contributed by atoms with Gasteiger partial charge in [0.05, 0.1) is 25.0 Å². The Kier molecular flexibility index (Phi) is 3.41. The van der Waals surface area contributed by atoms with Gasteiger partial charge in [-0.2, -0.15) is 5.26 Å². The number of nitriles is 1. The first-order chi connectivity index (χ1) is 12.0. The van der Waals surface area contributed by atoms with E-state index in [0.29, 0.717) is 25.1 Å². The summed E-state index contributed by atoms with van der Waals surface area (Å²) in [5.41, 5.74) is -0.432. The summed E-state index contributed by atoms with van der Waals surface area (Å²) in [6, 6.07) is 9.91. The van der Waals surface area contributed by atoms with Gasteiger partial charge in [0.25, 0.3) is 0 Å². The van der Waals surface area contributed by atoms with E-state index in [1.165, 1.54) is 0 Å². The van der Waals surface area contributed by atoms with E-state index in [1.54, 1.807) is 11.8 Å². The van der Waals surface area contributed by atoms with Crippen LogP contribution in [0.3, 0.4) is 0 Å². The standard InChI is InChI=1S/C19H20N2O4/c1-3-24-17(23)13-10-12(2)19-18(11-20,8-9-25-19)14-6-4-5-7-15(14)21(19)16(13)22/h4-7,12-13H,3,8-10H2,1-2H3/t12-,13+,18+,19-/m0/s1. The number of carbonyl (C=O) groups is 2. The number of ether oxygens (including phenoxy) is 2. The second-order valence-electron chi connectivity index (χ2n) is 6.94. The lowest BCUT2D eigenvalue weighted by molar-refractivity contribution is -0.161. The first kappa shape index (κ1) is 16.1. The van der Waals surface area contributed by atoms with Crippen molar-refractivity contribution in [3.05, 3.63) is 29.8 Å². The number of piperidine rings is 1. The molecule has 0 unspecified atom stereocenters. The van der Waals surface area contributed by atoms with Crippen molar-refractivity contribution in [3.8, 4) is 6.07 Å². The number of hydrogen-bond donors (Lipinski definition) is 0. The minimum Gasteiger partial charge on any atom is -0.465 e. The van der Waals surface area contributed by atoms with Crippen molar-refractivity contribution in [3.63, 3.8) is 0 Å². The van der Waals surface area contributed by atoms with Crippen molar-refractivity contribution in [2.75, 3.05) is 18.1 Å². The zero-order valence-electron chi connectivity index (χ0n) is 14.3. The molecule has 1 amide bonds. The number of benzene rings is 1. The molecule has 0 radical (unpaired) electrons. The van der Waals surface area contributed by atoms with Gasteiger partial charge in [-0.3, -0.25) is 14.5 Å². The lowest BCUT2D eigenvalue weighted by Gasteiger charge is -2.49. The van der Waals surface area contributed by atoms with Crippen molar-refractivity contribution in [1.82, 2.24) is 0 Å². The Hall–Kier alpha value is -2.39. The molecule has 2 saturated heterocycles. The van der Waals surface area contributed by atoms with Crippen LogP contribution in [0, 0.1) is 23.2 Å². The van der Waals surface area contributed by atoms with Gasteiger partial charge in [0, 0.05) is 11.5 Å². The molecule has 0 N–H and O–H groups in total. The smallest absolute Gasteiger partial charge is 0.318 e. The fourth-order valence-electron chi connectivity index (χ4n) is 4.93. The van der Waals surface area contributed by atoms with Crippen LogP contribution >= 0.6 is 0 Å². The maximum absolute atomic E-state index is 13.3. The quantitative estimate of drug-likeness (QED) is 0.609. The van der Waals surface area contributed by atoms with Crippen molar-refractivity contribution >= 4 is 17.6 Å². The van der Waals surface area contributed by atoms with Crippen molar-refractivity contribution < 1.29 is 19.1 Å². The van der Waals surface area contributed by atoms with Gasteiger partial charge in [0.2, 0.25) is 5.91 Å². The summed E-state index contributed by atoms with van der Waals surface area (Å²) in [4.78, 5) is 27.2. The number of rotatable bonds is 2. The second kappa shape index (κ2) is 5.30. The average Bonchev–Trinajstić information content (AvgIpc) is 3.10.